The first-order valence-electron chi connectivity index (χ1n) is 7.85. The van der Waals surface area contributed by atoms with Gasteiger partial charge in [0.25, 0.3) is 0 Å². The Bertz CT molecular complexity index is 475. The van der Waals surface area contributed by atoms with Gasteiger partial charge in [0, 0.05) is 5.41 Å². The topological polar surface area (TPSA) is 74.2 Å². The number of aromatic carboxylic acids is 1. The van der Waals surface area contributed by atoms with Crippen LogP contribution in [0.15, 0.2) is 24.3 Å². The number of benzene rings is 1. The number of carboxylic acids is 1. The van der Waals surface area contributed by atoms with Crippen molar-refractivity contribution in [1.29, 1.82) is 0 Å². The maximum Gasteiger partial charge on any atom is 0.335 e. The van der Waals surface area contributed by atoms with Crippen LogP contribution in [-0.2, 0) is 14.2 Å². The Morgan fingerprint density at radius 1 is 1.13 bits per heavy atom. The third-order valence-electron chi connectivity index (χ3n) is 3.94. The highest BCUT2D eigenvalue weighted by Crippen LogP contribution is 2.31. The van der Waals surface area contributed by atoms with Crippen LogP contribution in [0.3, 0.4) is 0 Å². The average Bonchev–Trinajstić information content (AvgIpc) is 2.52. The molecule has 0 aromatic heterocycles. The lowest BCUT2D eigenvalue weighted by Crippen LogP contribution is -2.45. The molecule has 0 amide bonds. The van der Waals surface area contributed by atoms with Gasteiger partial charge in [-0.15, -0.1) is 0 Å². The molecule has 0 saturated carbocycles. The highest BCUT2D eigenvalue weighted by molar-refractivity contribution is 5.87. The molecule has 6 nitrogen and oxygen atoms in total. The fourth-order valence-electron chi connectivity index (χ4n) is 2.20. The van der Waals surface area contributed by atoms with Crippen molar-refractivity contribution in [3.8, 4) is 5.75 Å². The van der Waals surface area contributed by atoms with Crippen LogP contribution in [-0.4, -0.2) is 57.3 Å². The summed E-state index contributed by atoms with van der Waals surface area (Å²) in [6.07, 6.45) is 1.07. The van der Waals surface area contributed by atoms with E-state index in [1.54, 1.807) is 12.1 Å². The molecule has 1 aromatic rings. The predicted molar refractivity (Wildman–Crippen MR) is 84.1 cm³/mol. The minimum Gasteiger partial charge on any atom is -0.491 e. The standard InChI is InChI=1S/C17H24O6/c1-2-17(12-22-13-17)11-21-8-7-20-9-10-23-15-5-3-14(4-6-15)16(18)19/h3-6H,2,7-13H2,1H3,(H,18,19). The lowest BCUT2D eigenvalue weighted by molar-refractivity contribution is -0.152. The van der Waals surface area contributed by atoms with E-state index < -0.39 is 5.97 Å². The molecule has 23 heavy (non-hydrogen) atoms. The number of carboxylic acid groups (broad SMARTS) is 1. The summed E-state index contributed by atoms with van der Waals surface area (Å²) in [5, 5.41) is 8.80. The normalized spacial score (nSPS) is 15.9. The molecule has 0 bridgehead atoms. The second kappa shape index (κ2) is 8.86. The highest BCUT2D eigenvalue weighted by Gasteiger charge is 2.36. The van der Waals surface area contributed by atoms with Gasteiger partial charge in [0.15, 0.2) is 0 Å². The van der Waals surface area contributed by atoms with Crippen molar-refractivity contribution in [3.05, 3.63) is 29.8 Å². The van der Waals surface area contributed by atoms with E-state index in [0.717, 1.165) is 26.2 Å². The number of hydrogen-bond donors (Lipinski definition) is 1. The van der Waals surface area contributed by atoms with E-state index in [9.17, 15) is 4.79 Å². The monoisotopic (exact) mass is 324 g/mol. The van der Waals surface area contributed by atoms with E-state index in [4.69, 9.17) is 24.1 Å². The Morgan fingerprint density at radius 2 is 1.78 bits per heavy atom. The Balaban J connectivity index is 1.48. The van der Waals surface area contributed by atoms with Crippen molar-refractivity contribution >= 4 is 5.97 Å². The Kier molecular flexibility index (Phi) is 6.83. The molecular formula is C17H24O6. The summed E-state index contributed by atoms with van der Waals surface area (Å²) >= 11 is 0. The SMILES string of the molecule is CCC1(COCCOCCOc2ccc(C(=O)O)cc2)COC1. The second-order valence-electron chi connectivity index (χ2n) is 5.69. The van der Waals surface area contributed by atoms with E-state index in [2.05, 4.69) is 6.92 Å². The molecule has 0 radical (unpaired) electrons. The van der Waals surface area contributed by atoms with Crippen LogP contribution < -0.4 is 4.74 Å². The molecule has 1 aliphatic rings. The highest BCUT2D eigenvalue weighted by atomic mass is 16.5. The summed E-state index contributed by atoms with van der Waals surface area (Å²) in [6.45, 7) is 6.43. The molecule has 1 aliphatic heterocycles. The molecule has 0 spiro atoms. The van der Waals surface area contributed by atoms with E-state index in [-0.39, 0.29) is 11.0 Å². The molecule has 1 N–H and O–H groups in total. The van der Waals surface area contributed by atoms with E-state index in [1.165, 1.54) is 12.1 Å². The first kappa shape index (κ1) is 17.7. The zero-order chi connectivity index (χ0) is 16.5. The van der Waals surface area contributed by atoms with Crippen LogP contribution in [0.4, 0.5) is 0 Å². The third-order valence-corrected chi connectivity index (χ3v) is 3.94. The maximum absolute atomic E-state index is 10.7. The minimum absolute atomic E-state index is 0.214. The van der Waals surface area contributed by atoms with Gasteiger partial charge < -0.3 is 24.1 Å². The molecule has 1 heterocycles. The van der Waals surface area contributed by atoms with Crippen molar-refractivity contribution in [3.63, 3.8) is 0 Å². The van der Waals surface area contributed by atoms with Gasteiger partial charge in [0.2, 0.25) is 0 Å². The van der Waals surface area contributed by atoms with Crippen LogP contribution in [0.5, 0.6) is 5.75 Å². The molecule has 1 fully saturated rings. The minimum atomic E-state index is -0.946. The lowest BCUT2D eigenvalue weighted by atomic mass is 9.84. The second-order valence-corrected chi connectivity index (χ2v) is 5.69. The zero-order valence-corrected chi connectivity index (χ0v) is 13.5. The van der Waals surface area contributed by atoms with Gasteiger partial charge in [-0.25, -0.2) is 4.79 Å². The number of rotatable bonds is 11. The summed E-state index contributed by atoms with van der Waals surface area (Å²) in [5.74, 6) is -0.317. The van der Waals surface area contributed by atoms with Crippen LogP contribution >= 0.6 is 0 Å². The molecule has 1 aromatic carbocycles. The van der Waals surface area contributed by atoms with Gasteiger partial charge in [-0.05, 0) is 30.7 Å². The molecule has 1 saturated heterocycles. The fraction of sp³-hybridized carbons (Fsp3) is 0.588. The van der Waals surface area contributed by atoms with Crippen LogP contribution in [0.2, 0.25) is 0 Å². The Morgan fingerprint density at radius 3 is 2.35 bits per heavy atom. The molecule has 6 heteroatoms. The Labute approximate surface area is 136 Å². The molecule has 2 rings (SSSR count). The van der Waals surface area contributed by atoms with Gasteiger partial charge in [-0.2, -0.15) is 0 Å². The summed E-state index contributed by atoms with van der Waals surface area (Å²) in [6, 6.07) is 6.30. The van der Waals surface area contributed by atoms with Gasteiger partial charge >= 0.3 is 5.97 Å². The van der Waals surface area contributed by atoms with Gasteiger partial charge in [-0.3, -0.25) is 0 Å². The molecule has 0 aliphatic carbocycles. The van der Waals surface area contributed by atoms with Crippen molar-refractivity contribution in [2.75, 3.05) is 46.2 Å². The quantitative estimate of drug-likeness (QED) is 0.629. The lowest BCUT2D eigenvalue weighted by Gasteiger charge is -2.40. The molecule has 0 unspecified atom stereocenters. The molecule has 0 atom stereocenters. The van der Waals surface area contributed by atoms with E-state index in [1.807, 2.05) is 0 Å². The van der Waals surface area contributed by atoms with Gasteiger partial charge in [0.05, 0.1) is 45.2 Å². The van der Waals surface area contributed by atoms with Crippen molar-refractivity contribution in [1.82, 2.24) is 0 Å². The van der Waals surface area contributed by atoms with E-state index in [0.29, 0.717) is 32.2 Å². The van der Waals surface area contributed by atoms with E-state index >= 15 is 0 Å². The summed E-state index contributed by atoms with van der Waals surface area (Å²) in [7, 11) is 0. The summed E-state index contributed by atoms with van der Waals surface area (Å²) < 4.78 is 21.8. The van der Waals surface area contributed by atoms with Crippen molar-refractivity contribution in [2.24, 2.45) is 5.41 Å². The van der Waals surface area contributed by atoms with Crippen LogP contribution in [0.25, 0.3) is 0 Å². The summed E-state index contributed by atoms with van der Waals surface area (Å²) in [4.78, 5) is 10.7. The molecular weight excluding hydrogens is 300 g/mol. The fourth-order valence-corrected chi connectivity index (χ4v) is 2.20. The predicted octanol–water partition coefficient (Wildman–Crippen LogP) is 2.22. The number of ether oxygens (including phenoxy) is 4. The van der Waals surface area contributed by atoms with Gasteiger partial charge in [0.1, 0.15) is 12.4 Å². The average molecular weight is 324 g/mol. The first-order valence-corrected chi connectivity index (χ1v) is 7.85. The third kappa shape index (κ3) is 5.49. The number of carbonyl (C=O) groups is 1. The van der Waals surface area contributed by atoms with Crippen LogP contribution in [0.1, 0.15) is 23.7 Å². The first-order chi connectivity index (χ1) is 11.2. The van der Waals surface area contributed by atoms with Gasteiger partial charge in [-0.1, -0.05) is 6.92 Å². The molecule has 128 valence electrons. The zero-order valence-electron chi connectivity index (χ0n) is 13.5. The Hall–Kier alpha value is -1.63. The van der Waals surface area contributed by atoms with Crippen molar-refractivity contribution < 1.29 is 28.8 Å². The summed E-state index contributed by atoms with van der Waals surface area (Å²) in [5.41, 5.74) is 0.457. The van der Waals surface area contributed by atoms with Crippen LogP contribution in [0, 0.1) is 5.41 Å². The van der Waals surface area contributed by atoms with Crippen molar-refractivity contribution in [2.45, 2.75) is 13.3 Å². The number of hydrogen-bond acceptors (Lipinski definition) is 5. The largest absolute Gasteiger partial charge is 0.491 e. The maximum atomic E-state index is 10.7. The smallest absolute Gasteiger partial charge is 0.335 e.